The fourth-order valence-corrected chi connectivity index (χ4v) is 6.09. The van der Waals surface area contributed by atoms with Gasteiger partial charge < -0.3 is 14.1 Å². The second-order valence-electron chi connectivity index (χ2n) is 11.0. The van der Waals surface area contributed by atoms with Crippen molar-refractivity contribution in [3.05, 3.63) is 152 Å². The maximum atomic E-state index is 10.7. The molecule has 7 nitrogen and oxygen atoms in total. The zero-order valence-electron chi connectivity index (χ0n) is 24.7. The van der Waals surface area contributed by atoms with E-state index in [1.807, 2.05) is 112 Å². The first-order valence-electron chi connectivity index (χ1n) is 14.9. The van der Waals surface area contributed by atoms with Gasteiger partial charge in [-0.1, -0.05) is 108 Å². The zero-order chi connectivity index (χ0) is 30.6. The Hall–Kier alpha value is -5.78. The van der Waals surface area contributed by atoms with E-state index in [1.54, 1.807) is 12.3 Å². The summed E-state index contributed by atoms with van der Waals surface area (Å²) in [4.78, 5) is 9.52. The molecule has 0 aliphatic carbocycles. The van der Waals surface area contributed by atoms with Crippen LogP contribution >= 0.6 is 0 Å². The molecule has 0 aliphatic heterocycles. The Kier molecular flexibility index (Phi) is 7.04. The molecular formula is C39H24N5O2Pt+. The molecular weight excluding hydrogens is 766 g/mol. The van der Waals surface area contributed by atoms with Crippen molar-refractivity contribution in [3.8, 4) is 45.5 Å². The van der Waals surface area contributed by atoms with Gasteiger partial charge in [-0.3, -0.25) is 14.1 Å². The van der Waals surface area contributed by atoms with Crippen LogP contribution in [0.15, 0.2) is 144 Å². The van der Waals surface area contributed by atoms with Crippen LogP contribution in [0.5, 0.6) is 5.75 Å². The van der Waals surface area contributed by atoms with E-state index < -0.39 is 0 Å². The largest absolute Gasteiger partial charge is 2.00 e. The summed E-state index contributed by atoms with van der Waals surface area (Å²) in [6.07, 6.45) is 8.96. The Morgan fingerprint density at radius 2 is 1.45 bits per heavy atom. The van der Waals surface area contributed by atoms with Crippen molar-refractivity contribution < 1.29 is 35.2 Å². The number of aromatic hydroxyl groups is 1. The minimum atomic E-state index is 0. The van der Waals surface area contributed by atoms with Gasteiger partial charge in [0.25, 0.3) is 6.33 Å². The molecule has 0 saturated carbocycles. The molecule has 0 fully saturated rings. The molecule has 4 aromatic heterocycles. The monoisotopic (exact) mass is 789 g/mol. The third kappa shape index (κ3) is 4.75. The Morgan fingerprint density at radius 1 is 0.702 bits per heavy atom. The fourth-order valence-electron chi connectivity index (χ4n) is 6.09. The quantitative estimate of drug-likeness (QED) is 0.142. The van der Waals surface area contributed by atoms with Crippen molar-refractivity contribution in [2.75, 3.05) is 0 Å². The summed E-state index contributed by atoms with van der Waals surface area (Å²) in [6.45, 7) is 0. The van der Waals surface area contributed by atoms with Crippen LogP contribution in [0.3, 0.4) is 0 Å². The predicted octanol–water partition coefficient (Wildman–Crippen LogP) is 8.02. The van der Waals surface area contributed by atoms with Crippen LogP contribution in [0.25, 0.3) is 72.8 Å². The summed E-state index contributed by atoms with van der Waals surface area (Å²) in [5.74, 6) is 0.747. The number of aromatic nitrogens is 5. The van der Waals surface area contributed by atoms with Gasteiger partial charge in [-0.15, -0.1) is 0 Å². The van der Waals surface area contributed by atoms with E-state index in [2.05, 4.69) is 46.3 Å². The second kappa shape index (κ2) is 11.5. The smallest absolute Gasteiger partial charge is 0.511 e. The third-order valence-electron chi connectivity index (χ3n) is 8.23. The van der Waals surface area contributed by atoms with Gasteiger partial charge in [0.15, 0.2) is 0 Å². The summed E-state index contributed by atoms with van der Waals surface area (Å²) in [6, 6.07) is 43.4. The van der Waals surface area contributed by atoms with Crippen LogP contribution in [-0.2, 0) is 21.1 Å². The Labute approximate surface area is 283 Å². The number of fused-ring (bicyclic) bond motifs is 3. The molecule has 9 aromatic rings. The van der Waals surface area contributed by atoms with Crippen LogP contribution < -0.4 is 4.57 Å². The number of oxazole rings is 1. The molecule has 9 rings (SSSR count). The van der Waals surface area contributed by atoms with Crippen LogP contribution in [0.4, 0.5) is 0 Å². The topological polar surface area (TPSA) is 72.9 Å². The third-order valence-corrected chi connectivity index (χ3v) is 8.23. The number of hydrogen-bond donors (Lipinski definition) is 1. The molecule has 0 bridgehead atoms. The molecule has 0 saturated heterocycles. The Bertz CT molecular complexity index is 2550. The molecule has 0 spiro atoms. The molecule has 0 unspecified atom stereocenters. The maximum Gasteiger partial charge on any atom is 2.00 e. The molecule has 47 heavy (non-hydrogen) atoms. The van der Waals surface area contributed by atoms with E-state index in [-0.39, 0.29) is 26.8 Å². The number of pyridine rings is 1. The molecule has 1 N–H and O–H groups in total. The van der Waals surface area contributed by atoms with E-state index in [0.717, 1.165) is 55.6 Å². The van der Waals surface area contributed by atoms with Crippen LogP contribution in [-0.4, -0.2) is 24.2 Å². The van der Waals surface area contributed by atoms with E-state index in [4.69, 9.17) is 9.40 Å². The van der Waals surface area contributed by atoms with Gasteiger partial charge in [0.05, 0.1) is 16.7 Å². The second-order valence-corrected chi connectivity index (χ2v) is 11.0. The van der Waals surface area contributed by atoms with Gasteiger partial charge in [-0.2, -0.15) is 0 Å². The molecule has 0 atom stereocenters. The van der Waals surface area contributed by atoms with Crippen molar-refractivity contribution in [2.24, 2.45) is 0 Å². The van der Waals surface area contributed by atoms with E-state index in [0.29, 0.717) is 17.2 Å². The van der Waals surface area contributed by atoms with Crippen molar-refractivity contribution in [3.63, 3.8) is 0 Å². The molecule has 5 aromatic carbocycles. The first-order valence-corrected chi connectivity index (χ1v) is 14.9. The van der Waals surface area contributed by atoms with E-state index in [9.17, 15) is 5.11 Å². The van der Waals surface area contributed by atoms with E-state index >= 15 is 0 Å². The summed E-state index contributed by atoms with van der Waals surface area (Å²) < 4.78 is 12.3. The molecule has 0 aliphatic rings. The predicted molar refractivity (Wildman–Crippen MR) is 177 cm³/mol. The van der Waals surface area contributed by atoms with Crippen LogP contribution in [0.2, 0.25) is 0 Å². The SMILES string of the molecule is Oc1ccccc1-n1[c-][n+](-c2ccccc2-n2[c-]c(-c3ccccn3)c3cc4nc(-c5ccccc5)oc4cc32)c2ccccc21.[Pt+2]. The number of nitrogens with zero attached hydrogens (tertiary/aromatic N) is 5. The number of rotatable bonds is 5. The average Bonchev–Trinajstić information content (AvgIpc) is 3.82. The van der Waals surface area contributed by atoms with Gasteiger partial charge in [0.1, 0.15) is 22.5 Å². The minimum Gasteiger partial charge on any atom is -0.511 e. The zero-order valence-corrected chi connectivity index (χ0v) is 27.0. The first-order chi connectivity index (χ1) is 22.7. The number of hydrogen-bond acceptors (Lipinski definition) is 4. The molecule has 4 heterocycles. The molecule has 0 radical (unpaired) electrons. The molecule has 8 heteroatoms. The van der Waals surface area contributed by atoms with Gasteiger partial charge in [0, 0.05) is 17.5 Å². The fraction of sp³-hybridized carbons (Fsp3) is 0. The van der Waals surface area contributed by atoms with Crippen molar-refractivity contribution in [2.45, 2.75) is 0 Å². The summed E-state index contributed by atoms with van der Waals surface area (Å²) in [5.41, 5.74) is 9.20. The first kappa shape index (κ1) is 28.7. The Balaban J connectivity index is 0.00000324. The van der Waals surface area contributed by atoms with Gasteiger partial charge in [-0.25, -0.2) is 4.98 Å². The average molecular weight is 790 g/mol. The van der Waals surface area contributed by atoms with Crippen LogP contribution in [0, 0.1) is 12.5 Å². The van der Waals surface area contributed by atoms with Gasteiger partial charge in [-0.05, 0) is 53.8 Å². The van der Waals surface area contributed by atoms with Crippen molar-refractivity contribution >= 4 is 33.0 Å². The number of phenols is 1. The summed E-state index contributed by atoms with van der Waals surface area (Å²) in [7, 11) is 0. The standard InChI is InChI=1S/C39H24N5O2.Pt/c45-37-20-9-8-19-35(37)44-25-43(33-17-6-7-18-34(33)44)32-16-5-4-15-31(32)42-24-28(29-14-10-11-21-40-29)27-22-30-38(23-36(27)42)46-39(41-30)26-12-2-1-3-13-26;/h1-23,45H;/q-1;+2. The van der Waals surface area contributed by atoms with E-state index in [1.165, 1.54) is 0 Å². The number of phenolic OH excluding ortho intramolecular Hbond substituents is 1. The minimum absolute atomic E-state index is 0. The maximum absolute atomic E-state index is 10.7. The van der Waals surface area contributed by atoms with Crippen molar-refractivity contribution in [1.29, 1.82) is 0 Å². The summed E-state index contributed by atoms with van der Waals surface area (Å²) >= 11 is 0. The number of benzene rings is 5. The van der Waals surface area contributed by atoms with Crippen LogP contribution in [0.1, 0.15) is 0 Å². The van der Waals surface area contributed by atoms with Gasteiger partial charge in [0.2, 0.25) is 5.89 Å². The number of imidazole rings is 1. The number of para-hydroxylation sites is 6. The molecule has 226 valence electrons. The summed E-state index contributed by atoms with van der Waals surface area (Å²) in [5, 5.41) is 11.7. The Morgan fingerprint density at radius 3 is 2.28 bits per heavy atom. The molecule has 0 amide bonds. The van der Waals surface area contributed by atoms with Crippen molar-refractivity contribution in [1.82, 2.24) is 19.1 Å². The van der Waals surface area contributed by atoms with Gasteiger partial charge >= 0.3 is 21.1 Å². The normalized spacial score (nSPS) is 11.3.